The summed E-state index contributed by atoms with van der Waals surface area (Å²) in [5.74, 6) is 1.58. The molecule has 28 heavy (non-hydrogen) atoms. The van der Waals surface area contributed by atoms with Gasteiger partial charge < -0.3 is 15.5 Å². The first-order valence-electron chi connectivity index (χ1n) is 9.89. The maximum absolute atomic E-state index is 4.83. The summed E-state index contributed by atoms with van der Waals surface area (Å²) in [5, 5.41) is 11.5. The molecule has 0 spiro atoms. The van der Waals surface area contributed by atoms with Crippen LogP contribution >= 0.6 is 24.0 Å². The van der Waals surface area contributed by atoms with Crippen molar-refractivity contribution in [1.82, 2.24) is 25.3 Å². The van der Waals surface area contributed by atoms with Gasteiger partial charge >= 0.3 is 0 Å². The third-order valence-electron chi connectivity index (χ3n) is 5.03. The van der Waals surface area contributed by atoms with Crippen molar-refractivity contribution in [2.45, 2.75) is 33.7 Å². The highest BCUT2D eigenvalue weighted by atomic mass is 127. The number of hydrogen-bond donors (Lipinski definition) is 2. The van der Waals surface area contributed by atoms with Gasteiger partial charge in [-0.25, -0.2) is 9.67 Å². The number of nitrogens with one attached hydrogen (secondary N) is 2. The molecule has 1 unspecified atom stereocenters. The SMILES string of the molecule is CCNC(=NCc1ccccc1-n1nc(C)cc1C)NCC1CCN(C)C1.I. The van der Waals surface area contributed by atoms with Gasteiger partial charge in [0.05, 0.1) is 17.9 Å². The topological polar surface area (TPSA) is 57.5 Å². The zero-order valence-electron chi connectivity index (χ0n) is 17.4. The van der Waals surface area contributed by atoms with E-state index in [9.17, 15) is 0 Å². The third kappa shape index (κ3) is 5.94. The highest BCUT2D eigenvalue weighted by Gasteiger charge is 2.19. The molecule has 7 heteroatoms. The molecule has 0 bridgehead atoms. The molecule has 0 amide bonds. The molecule has 1 aliphatic rings. The smallest absolute Gasteiger partial charge is 0.191 e. The summed E-state index contributed by atoms with van der Waals surface area (Å²) >= 11 is 0. The number of halogens is 1. The van der Waals surface area contributed by atoms with Crippen molar-refractivity contribution in [1.29, 1.82) is 0 Å². The van der Waals surface area contributed by atoms with Crippen LogP contribution < -0.4 is 10.6 Å². The van der Waals surface area contributed by atoms with Gasteiger partial charge in [-0.2, -0.15) is 5.10 Å². The van der Waals surface area contributed by atoms with Crippen LogP contribution in [0.15, 0.2) is 35.3 Å². The Hall–Kier alpha value is -1.61. The predicted octanol–water partition coefficient (Wildman–Crippen LogP) is 3.11. The minimum Gasteiger partial charge on any atom is -0.357 e. The summed E-state index contributed by atoms with van der Waals surface area (Å²) < 4.78 is 2.01. The minimum atomic E-state index is 0. The number of guanidine groups is 1. The van der Waals surface area contributed by atoms with Crippen LogP contribution in [0.1, 0.15) is 30.3 Å². The second-order valence-corrected chi connectivity index (χ2v) is 7.46. The largest absolute Gasteiger partial charge is 0.357 e. The average Bonchev–Trinajstić information content (AvgIpc) is 3.22. The van der Waals surface area contributed by atoms with Gasteiger partial charge in [-0.15, -0.1) is 24.0 Å². The van der Waals surface area contributed by atoms with Crippen molar-refractivity contribution in [3.8, 4) is 5.69 Å². The van der Waals surface area contributed by atoms with Gasteiger partial charge in [-0.05, 0) is 64.4 Å². The van der Waals surface area contributed by atoms with E-state index in [1.54, 1.807) is 0 Å². The molecule has 1 fully saturated rings. The van der Waals surface area contributed by atoms with Crippen molar-refractivity contribution in [3.63, 3.8) is 0 Å². The third-order valence-corrected chi connectivity index (χ3v) is 5.03. The van der Waals surface area contributed by atoms with Gasteiger partial charge in [-0.3, -0.25) is 0 Å². The molecule has 2 aromatic rings. The van der Waals surface area contributed by atoms with Gasteiger partial charge in [0.1, 0.15) is 0 Å². The average molecular weight is 496 g/mol. The second kappa shape index (κ2) is 10.8. The molecule has 0 saturated carbocycles. The summed E-state index contributed by atoms with van der Waals surface area (Å²) in [6.07, 6.45) is 1.25. The Labute approximate surface area is 185 Å². The van der Waals surface area contributed by atoms with E-state index in [0.29, 0.717) is 12.5 Å². The van der Waals surface area contributed by atoms with Crippen molar-refractivity contribution in [2.24, 2.45) is 10.9 Å². The Kier molecular flexibility index (Phi) is 8.75. The van der Waals surface area contributed by atoms with Crippen LogP contribution in [0.25, 0.3) is 5.69 Å². The number of nitrogens with zero attached hydrogens (tertiary/aromatic N) is 4. The van der Waals surface area contributed by atoms with E-state index in [2.05, 4.69) is 71.9 Å². The van der Waals surface area contributed by atoms with E-state index in [4.69, 9.17) is 4.99 Å². The molecule has 0 aliphatic carbocycles. The molecule has 1 aliphatic heterocycles. The molecule has 3 rings (SSSR count). The lowest BCUT2D eigenvalue weighted by Gasteiger charge is -2.16. The van der Waals surface area contributed by atoms with E-state index in [1.165, 1.54) is 18.5 Å². The maximum Gasteiger partial charge on any atom is 0.191 e. The molecule has 1 aromatic heterocycles. The van der Waals surface area contributed by atoms with E-state index < -0.39 is 0 Å². The molecular formula is C21H33IN6. The summed E-state index contributed by atoms with van der Waals surface area (Å²) in [6.45, 7) is 11.0. The number of rotatable bonds is 6. The lowest BCUT2D eigenvalue weighted by Crippen LogP contribution is -2.40. The molecule has 2 N–H and O–H groups in total. The van der Waals surface area contributed by atoms with Crippen LogP contribution in [0.2, 0.25) is 0 Å². The zero-order chi connectivity index (χ0) is 19.2. The number of likely N-dealkylation sites (tertiary alicyclic amines) is 1. The molecule has 1 atom stereocenters. The Morgan fingerprint density at radius 1 is 1.25 bits per heavy atom. The fraction of sp³-hybridized carbons (Fsp3) is 0.524. The number of para-hydroxylation sites is 1. The van der Waals surface area contributed by atoms with Gasteiger partial charge in [0.25, 0.3) is 0 Å². The molecule has 154 valence electrons. The zero-order valence-corrected chi connectivity index (χ0v) is 19.7. The van der Waals surface area contributed by atoms with Crippen molar-refractivity contribution in [2.75, 3.05) is 33.2 Å². The van der Waals surface area contributed by atoms with Crippen LogP contribution in [-0.4, -0.2) is 53.9 Å². The Balaban J connectivity index is 0.00000280. The molecule has 1 saturated heterocycles. The predicted molar refractivity (Wildman–Crippen MR) is 127 cm³/mol. The standard InChI is InChI=1S/C21H32N6.HI/c1-5-22-21(23-13-18-10-11-26(4)15-18)24-14-19-8-6-7-9-20(19)27-17(3)12-16(2)25-27;/h6-9,12,18H,5,10-11,13-15H2,1-4H3,(H2,22,23,24);1H. The van der Waals surface area contributed by atoms with E-state index in [0.717, 1.165) is 42.7 Å². The monoisotopic (exact) mass is 496 g/mol. The van der Waals surface area contributed by atoms with Gasteiger partial charge in [0.15, 0.2) is 5.96 Å². The molecule has 2 heterocycles. The van der Waals surface area contributed by atoms with Crippen LogP contribution in [0, 0.1) is 19.8 Å². The Bertz CT molecular complexity index is 785. The summed E-state index contributed by atoms with van der Waals surface area (Å²) in [6, 6.07) is 10.5. The van der Waals surface area contributed by atoms with E-state index in [1.807, 2.05) is 11.6 Å². The Morgan fingerprint density at radius 3 is 2.68 bits per heavy atom. The number of benzene rings is 1. The fourth-order valence-electron chi connectivity index (χ4n) is 3.66. The number of hydrogen-bond acceptors (Lipinski definition) is 3. The summed E-state index contributed by atoms with van der Waals surface area (Å²) in [4.78, 5) is 7.22. The lowest BCUT2D eigenvalue weighted by atomic mass is 10.1. The van der Waals surface area contributed by atoms with E-state index in [-0.39, 0.29) is 24.0 Å². The van der Waals surface area contributed by atoms with Gasteiger partial charge in [-0.1, -0.05) is 18.2 Å². The van der Waals surface area contributed by atoms with Gasteiger partial charge in [0, 0.05) is 25.3 Å². The van der Waals surface area contributed by atoms with Crippen molar-refractivity contribution < 1.29 is 0 Å². The van der Waals surface area contributed by atoms with Crippen LogP contribution in [0.4, 0.5) is 0 Å². The number of aromatic nitrogens is 2. The van der Waals surface area contributed by atoms with Crippen LogP contribution in [-0.2, 0) is 6.54 Å². The molecule has 6 nitrogen and oxygen atoms in total. The normalized spacial score (nSPS) is 17.4. The first-order chi connectivity index (χ1) is 13.1. The van der Waals surface area contributed by atoms with E-state index >= 15 is 0 Å². The summed E-state index contributed by atoms with van der Waals surface area (Å²) in [5.41, 5.74) is 4.43. The second-order valence-electron chi connectivity index (χ2n) is 7.46. The number of aryl methyl sites for hydroxylation is 2. The van der Waals surface area contributed by atoms with Crippen LogP contribution in [0.5, 0.6) is 0 Å². The number of aliphatic imine (C=N–C) groups is 1. The summed E-state index contributed by atoms with van der Waals surface area (Å²) in [7, 11) is 2.19. The minimum absolute atomic E-state index is 0. The highest BCUT2D eigenvalue weighted by Crippen LogP contribution is 2.18. The maximum atomic E-state index is 4.83. The first kappa shape index (κ1) is 22.7. The molecule has 1 aromatic carbocycles. The fourth-order valence-corrected chi connectivity index (χ4v) is 3.66. The van der Waals surface area contributed by atoms with Crippen molar-refractivity contribution >= 4 is 29.9 Å². The highest BCUT2D eigenvalue weighted by molar-refractivity contribution is 14.0. The van der Waals surface area contributed by atoms with Crippen molar-refractivity contribution in [3.05, 3.63) is 47.3 Å². The molecule has 0 radical (unpaired) electrons. The molecular weight excluding hydrogens is 463 g/mol. The van der Waals surface area contributed by atoms with Gasteiger partial charge in [0.2, 0.25) is 0 Å². The Morgan fingerprint density at radius 2 is 2.04 bits per heavy atom. The first-order valence-corrected chi connectivity index (χ1v) is 9.89. The quantitative estimate of drug-likeness (QED) is 0.367. The van der Waals surface area contributed by atoms with Crippen LogP contribution in [0.3, 0.4) is 0 Å². The lowest BCUT2D eigenvalue weighted by molar-refractivity contribution is 0.394.